The first kappa shape index (κ1) is 19.8. The number of carbonyl (C=O) groups is 3. The van der Waals surface area contributed by atoms with Gasteiger partial charge in [0.15, 0.2) is 11.5 Å². The number of likely N-dealkylation sites (tertiary alicyclic amines) is 1. The van der Waals surface area contributed by atoms with Crippen LogP contribution in [0.3, 0.4) is 0 Å². The van der Waals surface area contributed by atoms with E-state index in [2.05, 4.69) is 15.9 Å². The van der Waals surface area contributed by atoms with Gasteiger partial charge in [0.1, 0.15) is 6.54 Å². The van der Waals surface area contributed by atoms with Crippen molar-refractivity contribution >= 4 is 50.8 Å². The Hall–Kier alpha value is -2.00. The lowest BCUT2D eigenvalue weighted by molar-refractivity contribution is -0.136. The van der Waals surface area contributed by atoms with E-state index in [1.807, 2.05) is 0 Å². The first-order valence-electron chi connectivity index (χ1n) is 8.50. The minimum atomic E-state index is -0.487. The number of phenols is 1. The lowest BCUT2D eigenvalue weighted by atomic mass is 10.1. The van der Waals surface area contributed by atoms with Crippen LogP contribution in [0.1, 0.15) is 24.8 Å². The number of methoxy groups -OCH3 is 1. The first-order valence-corrected chi connectivity index (χ1v) is 10.1. The largest absolute Gasteiger partial charge is 0.503 e. The number of hydrogen-bond acceptors (Lipinski definition) is 6. The van der Waals surface area contributed by atoms with Gasteiger partial charge < -0.3 is 14.7 Å². The molecule has 2 fully saturated rings. The molecule has 0 aliphatic carbocycles. The second-order valence-electron chi connectivity index (χ2n) is 6.26. The minimum Gasteiger partial charge on any atom is -0.503 e. The number of rotatable bonds is 4. The number of phenolic OH excluding ortho intramolecular Hbond substituents is 1. The van der Waals surface area contributed by atoms with Gasteiger partial charge in [-0.25, -0.2) is 0 Å². The molecule has 1 N–H and O–H groups in total. The SMILES string of the molecule is COc1cc(/C=C2/SC(=O)N(CC(=O)N3CCCCC3)C2=O)cc(Br)c1O. The van der Waals surface area contributed by atoms with Gasteiger partial charge in [-0.1, -0.05) is 0 Å². The molecule has 2 heterocycles. The van der Waals surface area contributed by atoms with Crippen molar-refractivity contribution in [2.75, 3.05) is 26.7 Å². The summed E-state index contributed by atoms with van der Waals surface area (Å²) in [7, 11) is 1.42. The van der Waals surface area contributed by atoms with Crippen molar-refractivity contribution in [3.05, 3.63) is 27.1 Å². The molecule has 3 rings (SSSR count). The highest BCUT2D eigenvalue weighted by Gasteiger charge is 2.37. The van der Waals surface area contributed by atoms with E-state index >= 15 is 0 Å². The van der Waals surface area contributed by atoms with Crippen LogP contribution >= 0.6 is 27.7 Å². The van der Waals surface area contributed by atoms with Gasteiger partial charge in [-0.3, -0.25) is 19.3 Å². The summed E-state index contributed by atoms with van der Waals surface area (Å²) in [5.41, 5.74) is 0.587. The van der Waals surface area contributed by atoms with Gasteiger partial charge in [0.2, 0.25) is 5.91 Å². The maximum atomic E-state index is 12.6. The number of halogens is 1. The van der Waals surface area contributed by atoms with E-state index < -0.39 is 11.1 Å². The molecule has 0 aromatic heterocycles. The Morgan fingerprint density at radius 3 is 2.67 bits per heavy atom. The monoisotopic (exact) mass is 454 g/mol. The maximum absolute atomic E-state index is 12.6. The van der Waals surface area contributed by atoms with E-state index in [1.54, 1.807) is 23.1 Å². The van der Waals surface area contributed by atoms with Crippen LogP contribution in [-0.4, -0.2) is 58.7 Å². The lowest BCUT2D eigenvalue weighted by Gasteiger charge is -2.27. The van der Waals surface area contributed by atoms with Gasteiger partial charge in [-0.2, -0.15) is 0 Å². The van der Waals surface area contributed by atoms with Crippen molar-refractivity contribution in [3.63, 3.8) is 0 Å². The van der Waals surface area contributed by atoms with Crippen LogP contribution < -0.4 is 4.74 Å². The summed E-state index contributed by atoms with van der Waals surface area (Å²) in [4.78, 5) is 40.1. The van der Waals surface area contributed by atoms with Crippen molar-refractivity contribution in [1.82, 2.24) is 9.80 Å². The maximum Gasteiger partial charge on any atom is 0.294 e. The predicted molar refractivity (Wildman–Crippen MR) is 105 cm³/mol. The fourth-order valence-electron chi connectivity index (χ4n) is 3.00. The fourth-order valence-corrected chi connectivity index (χ4v) is 4.30. The molecular weight excluding hydrogens is 436 g/mol. The molecule has 3 amide bonds. The van der Waals surface area contributed by atoms with Gasteiger partial charge >= 0.3 is 0 Å². The average molecular weight is 455 g/mol. The molecule has 2 aliphatic rings. The van der Waals surface area contributed by atoms with Crippen molar-refractivity contribution in [1.29, 1.82) is 0 Å². The molecule has 144 valence electrons. The Kier molecular flexibility index (Phi) is 6.11. The Labute approximate surface area is 169 Å². The number of ether oxygens (including phenoxy) is 1. The molecule has 0 radical (unpaired) electrons. The summed E-state index contributed by atoms with van der Waals surface area (Å²) >= 11 is 4.02. The second-order valence-corrected chi connectivity index (χ2v) is 8.11. The molecule has 1 aromatic carbocycles. The van der Waals surface area contributed by atoms with Crippen LogP contribution in [0, 0.1) is 0 Å². The van der Waals surface area contributed by atoms with Crippen molar-refractivity contribution in [2.24, 2.45) is 0 Å². The molecule has 0 bridgehead atoms. The first-order chi connectivity index (χ1) is 12.9. The molecule has 9 heteroatoms. The summed E-state index contributed by atoms with van der Waals surface area (Å²) < 4.78 is 5.50. The third kappa shape index (κ3) is 4.30. The molecule has 2 aliphatic heterocycles. The number of hydrogen-bond donors (Lipinski definition) is 1. The average Bonchev–Trinajstić information content (AvgIpc) is 2.92. The van der Waals surface area contributed by atoms with Crippen LogP contribution in [0.5, 0.6) is 11.5 Å². The summed E-state index contributed by atoms with van der Waals surface area (Å²) in [6.07, 6.45) is 4.54. The van der Waals surface area contributed by atoms with Crippen molar-refractivity contribution in [2.45, 2.75) is 19.3 Å². The van der Waals surface area contributed by atoms with Gasteiger partial charge in [-0.15, -0.1) is 0 Å². The number of nitrogens with zero attached hydrogens (tertiary/aromatic N) is 2. The zero-order chi connectivity index (χ0) is 19.6. The van der Waals surface area contributed by atoms with E-state index in [1.165, 1.54) is 7.11 Å². The van der Waals surface area contributed by atoms with Crippen LogP contribution in [0.4, 0.5) is 4.79 Å². The van der Waals surface area contributed by atoms with E-state index in [9.17, 15) is 19.5 Å². The number of carbonyl (C=O) groups excluding carboxylic acids is 3. The Morgan fingerprint density at radius 2 is 2.00 bits per heavy atom. The molecular formula is C18H19BrN2O5S. The number of aromatic hydroxyl groups is 1. The summed E-state index contributed by atoms with van der Waals surface area (Å²) in [5, 5.41) is 9.42. The fraction of sp³-hybridized carbons (Fsp3) is 0.389. The minimum absolute atomic E-state index is 0.0464. The van der Waals surface area contributed by atoms with E-state index in [0.29, 0.717) is 23.1 Å². The quantitative estimate of drug-likeness (QED) is 0.702. The Morgan fingerprint density at radius 1 is 1.30 bits per heavy atom. The summed E-state index contributed by atoms with van der Waals surface area (Å²) in [6, 6.07) is 3.18. The van der Waals surface area contributed by atoms with Crippen LogP contribution in [0.25, 0.3) is 6.08 Å². The molecule has 0 saturated carbocycles. The molecule has 0 spiro atoms. The Bertz CT molecular complexity index is 820. The van der Waals surface area contributed by atoms with Crippen LogP contribution in [0.2, 0.25) is 0 Å². The van der Waals surface area contributed by atoms with Crippen LogP contribution in [-0.2, 0) is 9.59 Å². The smallest absolute Gasteiger partial charge is 0.294 e. The van der Waals surface area contributed by atoms with Gasteiger partial charge in [0.05, 0.1) is 16.5 Å². The van der Waals surface area contributed by atoms with Gasteiger partial charge in [0, 0.05) is 13.1 Å². The lowest BCUT2D eigenvalue weighted by Crippen LogP contribution is -2.44. The number of imide groups is 1. The van der Waals surface area contributed by atoms with E-state index in [4.69, 9.17) is 4.74 Å². The molecule has 27 heavy (non-hydrogen) atoms. The summed E-state index contributed by atoms with van der Waals surface area (Å²) in [5.74, 6) is -0.490. The van der Waals surface area contributed by atoms with Crippen molar-refractivity contribution < 1.29 is 24.2 Å². The highest BCUT2D eigenvalue weighted by molar-refractivity contribution is 9.10. The predicted octanol–water partition coefficient (Wildman–Crippen LogP) is 3.21. The highest BCUT2D eigenvalue weighted by Crippen LogP contribution is 2.38. The number of amides is 3. The molecule has 2 saturated heterocycles. The molecule has 0 unspecified atom stereocenters. The van der Waals surface area contributed by atoms with Gasteiger partial charge in [0.25, 0.3) is 11.1 Å². The normalized spacial score (nSPS) is 19.1. The second kappa shape index (κ2) is 8.35. The zero-order valence-corrected chi connectivity index (χ0v) is 17.1. The van der Waals surface area contributed by atoms with E-state index in [-0.39, 0.29) is 28.9 Å². The standard InChI is InChI=1S/C18H19BrN2O5S/c1-26-13-8-11(7-12(19)16(13)23)9-14-17(24)21(18(25)27-14)10-15(22)20-5-3-2-4-6-20/h7-9,23H,2-6,10H2,1H3/b14-9+. The topological polar surface area (TPSA) is 87.2 Å². The number of piperidine rings is 1. The molecule has 1 aromatic rings. The third-order valence-electron chi connectivity index (χ3n) is 4.44. The van der Waals surface area contributed by atoms with Crippen LogP contribution in [0.15, 0.2) is 21.5 Å². The van der Waals surface area contributed by atoms with Gasteiger partial charge in [-0.05, 0) is 70.7 Å². The zero-order valence-electron chi connectivity index (χ0n) is 14.7. The Balaban J connectivity index is 1.76. The van der Waals surface area contributed by atoms with Crippen molar-refractivity contribution in [3.8, 4) is 11.5 Å². The molecule has 0 atom stereocenters. The summed E-state index contributed by atoms with van der Waals surface area (Å²) in [6.45, 7) is 1.11. The molecule has 7 nitrogen and oxygen atoms in total. The third-order valence-corrected chi connectivity index (χ3v) is 5.96. The highest BCUT2D eigenvalue weighted by atomic mass is 79.9. The van der Waals surface area contributed by atoms with E-state index in [0.717, 1.165) is 35.9 Å². The number of thioether (sulfide) groups is 1. The number of benzene rings is 1.